The van der Waals surface area contributed by atoms with Crippen LogP contribution in [0.1, 0.15) is 20.8 Å². The van der Waals surface area contributed by atoms with E-state index in [-0.39, 0.29) is 5.78 Å². The number of fused-ring (bicyclic) bond motifs is 3. The number of carbonyl (C=O) groups excluding carboxylic acids is 1. The van der Waals surface area contributed by atoms with E-state index in [9.17, 15) is 4.79 Å². The van der Waals surface area contributed by atoms with Crippen LogP contribution in [0.2, 0.25) is 0 Å². The van der Waals surface area contributed by atoms with Crippen LogP contribution in [0.5, 0.6) is 0 Å². The van der Waals surface area contributed by atoms with Crippen molar-refractivity contribution < 1.29 is 4.79 Å². The van der Waals surface area contributed by atoms with Crippen LogP contribution in [0.15, 0.2) is 24.3 Å². The first-order chi connectivity index (χ1) is 7.74. The summed E-state index contributed by atoms with van der Waals surface area (Å²) in [6.07, 6.45) is 0. The number of rotatable bonds is 0. The molecule has 0 unspecified atom stereocenters. The van der Waals surface area contributed by atoms with Crippen molar-refractivity contribution in [2.24, 2.45) is 0 Å². The Morgan fingerprint density at radius 1 is 1.25 bits per heavy atom. The minimum Gasteiger partial charge on any atom is -0.389 e. The molecule has 76 valence electrons. The van der Waals surface area contributed by atoms with Gasteiger partial charge in [-0.1, -0.05) is 24.3 Å². The first-order valence-electron chi connectivity index (χ1n) is 4.70. The fraction of sp³-hybridized carbons (Fsp3) is 0. The SMILES string of the molecule is N#Cc1c(N)sc2c1-c1ccccc1C2=O. The molecule has 2 aromatic rings. The predicted octanol–water partition coefficient (Wildman–Crippen LogP) is 2.41. The summed E-state index contributed by atoms with van der Waals surface area (Å²) in [5.41, 5.74) is 8.36. The summed E-state index contributed by atoms with van der Waals surface area (Å²) < 4.78 is 0. The molecule has 16 heavy (non-hydrogen) atoms. The van der Waals surface area contributed by atoms with E-state index >= 15 is 0 Å². The van der Waals surface area contributed by atoms with Gasteiger partial charge in [0.05, 0.1) is 10.4 Å². The maximum Gasteiger partial charge on any atom is 0.204 e. The van der Waals surface area contributed by atoms with Gasteiger partial charge in [0.25, 0.3) is 0 Å². The van der Waals surface area contributed by atoms with Gasteiger partial charge >= 0.3 is 0 Å². The van der Waals surface area contributed by atoms with Gasteiger partial charge in [-0.05, 0) is 5.56 Å². The number of hydrogen-bond donors (Lipinski definition) is 1. The summed E-state index contributed by atoms with van der Waals surface area (Å²) >= 11 is 1.20. The molecule has 0 radical (unpaired) electrons. The van der Waals surface area contributed by atoms with Gasteiger partial charge in [-0.3, -0.25) is 4.79 Å². The Bertz CT molecular complexity index is 664. The summed E-state index contributed by atoms with van der Waals surface area (Å²) in [5, 5.41) is 9.47. The summed E-state index contributed by atoms with van der Waals surface area (Å²) in [7, 11) is 0. The topological polar surface area (TPSA) is 66.9 Å². The first kappa shape index (κ1) is 9.13. The van der Waals surface area contributed by atoms with E-state index in [1.807, 2.05) is 18.2 Å². The van der Waals surface area contributed by atoms with Crippen molar-refractivity contribution in [2.75, 3.05) is 5.73 Å². The Labute approximate surface area is 95.7 Å². The van der Waals surface area contributed by atoms with Crippen molar-refractivity contribution in [1.29, 1.82) is 5.26 Å². The van der Waals surface area contributed by atoms with Crippen molar-refractivity contribution in [1.82, 2.24) is 0 Å². The number of carbonyl (C=O) groups is 1. The fourth-order valence-corrected chi connectivity index (χ4v) is 2.98. The number of benzene rings is 1. The van der Waals surface area contributed by atoms with Crippen LogP contribution in [0.25, 0.3) is 11.1 Å². The van der Waals surface area contributed by atoms with Gasteiger partial charge in [0.2, 0.25) is 5.78 Å². The molecule has 0 atom stereocenters. The first-order valence-corrected chi connectivity index (χ1v) is 5.52. The zero-order chi connectivity index (χ0) is 11.3. The van der Waals surface area contributed by atoms with Crippen LogP contribution < -0.4 is 5.73 Å². The Hall–Kier alpha value is -2.12. The molecule has 0 fully saturated rings. The Balaban J connectivity index is 2.45. The van der Waals surface area contributed by atoms with E-state index in [0.717, 1.165) is 5.56 Å². The zero-order valence-corrected chi connectivity index (χ0v) is 8.97. The largest absolute Gasteiger partial charge is 0.389 e. The van der Waals surface area contributed by atoms with Crippen LogP contribution in [0.4, 0.5) is 5.00 Å². The monoisotopic (exact) mass is 226 g/mol. The number of nitrogens with zero attached hydrogens (tertiary/aromatic N) is 1. The van der Waals surface area contributed by atoms with E-state index in [4.69, 9.17) is 11.0 Å². The number of hydrogen-bond acceptors (Lipinski definition) is 4. The molecule has 0 saturated carbocycles. The van der Waals surface area contributed by atoms with Gasteiger partial charge in [-0.15, -0.1) is 11.3 Å². The second kappa shape index (κ2) is 2.94. The summed E-state index contributed by atoms with van der Waals surface area (Å²) in [6.45, 7) is 0. The van der Waals surface area contributed by atoms with Gasteiger partial charge < -0.3 is 5.73 Å². The highest BCUT2D eigenvalue weighted by Gasteiger charge is 2.32. The zero-order valence-electron chi connectivity index (χ0n) is 8.15. The smallest absolute Gasteiger partial charge is 0.204 e. The second-order valence-electron chi connectivity index (χ2n) is 3.53. The number of nitrogens with two attached hydrogens (primary N) is 1. The Morgan fingerprint density at radius 2 is 1.94 bits per heavy atom. The van der Waals surface area contributed by atoms with Gasteiger partial charge in [-0.2, -0.15) is 5.26 Å². The van der Waals surface area contributed by atoms with Gasteiger partial charge in [-0.25, -0.2) is 0 Å². The highest BCUT2D eigenvalue weighted by atomic mass is 32.1. The minimum atomic E-state index is -0.0243. The van der Waals surface area contributed by atoms with Crippen LogP contribution in [-0.2, 0) is 0 Å². The van der Waals surface area contributed by atoms with E-state index in [0.29, 0.717) is 26.6 Å². The average molecular weight is 226 g/mol. The number of ketones is 1. The molecule has 1 aromatic heterocycles. The van der Waals surface area contributed by atoms with Crippen LogP contribution in [-0.4, -0.2) is 5.78 Å². The van der Waals surface area contributed by atoms with Gasteiger partial charge in [0.15, 0.2) is 0 Å². The van der Waals surface area contributed by atoms with Crippen molar-refractivity contribution in [3.8, 4) is 17.2 Å². The van der Waals surface area contributed by atoms with Gasteiger partial charge in [0.1, 0.15) is 11.1 Å². The Kier molecular flexibility index (Phi) is 1.68. The number of nitriles is 1. The lowest BCUT2D eigenvalue weighted by Crippen LogP contribution is -1.92. The molecular formula is C12H6N2OS. The van der Waals surface area contributed by atoms with E-state index in [2.05, 4.69) is 6.07 Å². The normalized spacial score (nSPS) is 12.1. The quantitative estimate of drug-likeness (QED) is 0.640. The lowest BCUT2D eigenvalue weighted by molar-refractivity contribution is 0.104. The van der Waals surface area contributed by atoms with E-state index in [1.165, 1.54) is 11.3 Å². The summed E-state index contributed by atoms with van der Waals surface area (Å²) in [4.78, 5) is 12.6. The molecule has 0 saturated heterocycles. The minimum absolute atomic E-state index is 0.0243. The molecular weight excluding hydrogens is 220 g/mol. The lowest BCUT2D eigenvalue weighted by Gasteiger charge is -1.97. The third-order valence-electron chi connectivity index (χ3n) is 2.69. The molecule has 0 spiro atoms. The van der Waals surface area contributed by atoms with Crippen molar-refractivity contribution in [2.45, 2.75) is 0 Å². The van der Waals surface area contributed by atoms with Crippen molar-refractivity contribution >= 4 is 22.1 Å². The molecule has 2 N–H and O–H groups in total. The molecule has 3 nitrogen and oxygen atoms in total. The number of thiophene rings is 1. The third-order valence-corrected chi connectivity index (χ3v) is 3.71. The Morgan fingerprint density at radius 3 is 2.62 bits per heavy atom. The summed E-state index contributed by atoms with van der Waals surface area (Å²) in [6, 6.07) is 9.38. The fourth-order valence-electron chi connectivity index (χ4n) is 2.00. The molecule has 1 aliphatic carbocycles. The molecule has 0 bridgehead atoms. The molecule has 1 heterocycles. The van der Waals surface area contributed by atoms with Crippen LogP contribution in [0.3, 0.4) is 0 Å². The molecule has 1 aliphatic rings. The summed E-state index contributed by atoms with van der Waals surface area (Å²) in [5.74, 6) is -0.0243. The van der Waals surface area contributed by atoms with Crippen molar-refractivity contribution in [3.63, 3.8) is 0 Å². The number of nitrogen functional groups attached to an aromatic ring is 1. The molecule has 3 rings (SSSR count). The standard InChI is InChI=1S/C12H6N2OS/c13-5-8-9-6-3-1-2-4-7(6)10(15)11(9)16-12(8)14/h1-4H,14H2. The van der Waals surface area contributed by atoms with Crippen molar-refractivity contribution in [3.05, 3.63) is 40.3 Å². The van der Waals surface area contributed by atoms with Gasteiger partial charge in [0, 0.05) is 11.1 Å². The highest BCUT2D eigenvalue weighted by molar-refractivity contribution is 7.19. The average Bonchev–Trinajstić information content (AvgIpc) is 2.76. The van der Waals surface area contributed by atoms with Crippen LogP contribution in [0, 0.1) is 11.3 Å². The molecule has 1 aromatic carbocycles. The second-order valence-corrected chi connectivity index (χ2v) is 4.58. The molecule has 0 aliphatic heterocycles. The molecule has 0 amide bonds. The van der Waals surface area contributed by atoms with E-state index in [1.54, 1.807) is 6.07 Å². The van der Waals surface area contributed by atoms with Crippen LogP contribution >= 0.6 is 11.3 Å². The highest BCUT2D eigenvalue weighted by Crippen LogP contribution is 2.45. The lowest BCUT2D eigenvalue weighted by atomic mass is 10.0. The predicted molar refractivity (Wildman–Crippen MR) is 62.3 cm³/mol. The molecule has 4 heteroatoms. The van der Waals surface area contributed by atoms with E-state index < -0.39 is 0 Å². The third kappa shape index (κ3) is 0.930. The maximum atomic E-state index is 12.0. The number of anilines is 1. The maximum absolute atomic E-state index is 12.0.